The lowest BCUT2D eigenvalue weighted by atomic mass is 9.94. The Morgan fingerprint density at radius 2 is 1.90 bits per heavy atom. The number of rotatable bonds is 5. The standard InChI is InChI=1S/C22H24N2O4S/c1-14-15(2)29-22(23-21(26)18-4-3-11-28-18)19(14)20(24-9-12-27-13-10-24)16-5-7-17(25)8-6-16/h3-8,11,20,25H,9-10,12-13H2,1-2H3,(H,23,26). The van der Waals surface area contributed by atoms with Gasteiger partial charge in [-0.1, -0.05) is 12.1 Å². The number of aromatic hydroxyl groups is 1. The monoisotopic (exact) mass is 412 g/mol. The molecule has 0 bridgehead atoms. The first-order chi connectivity index (χ1) is 14.0. The second-order valence-corrected chi connectivity index (χ2v) is 8.32. The third-order valence-electron chi connectivity index (χ3n) is 5.30. The summed E-state index contributed by atoms with van der Waals surface area (Å²) >= 11 is 1.58. The number of ether oxygens (including phenoxy) is 1. The highest BCUT2D eigenvalue weighted by molar-refractivity contribution is 7.16. The van der Waals surface area contributed by atoms with E-state index in [0.29, 0.717) is 13.2 Å². The van der Waals surface area contributed by atoms with Crippen molar-refractivity contribution in [2.75, 3.05) is 31.6 Å². The smallest absolute Gasteiger partial charge is 0.291 e. The fourth-order valence-electron chi connectivity index (χ4n) is 3.69. The Hall–Kier alpha value is -2.61. The topological polar surface area (TPSA) is 74.9 Å². The number of nitrogens with zero attached hydrogens (tertiary/aromatic N) is 1. The summed E-state index contributed by atoms with van der Waals surface area (Å²) in [4.78, 5) is 16.2. The number of phenolic OH excluding ortho intramolecular Hbond substituents is 1. The molecule has 7 heteroatoms. The Labute approximate surface area is 173 Å². The predicted molar refractivity (Wildman–Crippen MR) is 113 cm³/mol. The van der Waals surface area contributed by atoms with Crippen molar-refractivity contribution in [3.05, 3.63) is 70.0 Å². The van der Waals surface area contributed by atoms with Gasteiger partial charge in [0.1, 0.15) is 10.8 Å². The van der Waals surface area contributed by atoms with Crippen LogP contribution in [0.1, 0.15) is 38.2 Å². The van der Waals surface area contributed by atoms with E-state index in [9.17, 15) is 9.90 Å². The molecule has 1 aliphatic rings. The van der Waals surface area contributed by atoms with Gasteiger partial charge in [0.25, 0.3) is 5.91 Å². The SMILES string of the molecule is Cc1sc(NC(=O)c2ccco2)c(C(c2ccc(O)cc2)N2CCOCC2)c1C. The molecule has 0 saturated carbocycles. The molecule has 1 aliphatic heterocycles. The molecule has 6 nitrogen and oxygen atoms in total. The summed E-state index contributed by atoms with van der Waals surface area (Å²) in [6, 6.07) is 10.6. The van der Waals surface area contributed by atoms with Crippen LogP contribution in [0.25, 0.3) is 0 Å². The maximum Gasteiger partial charge on any atom is 0.291 e. The number of hydrogen-bond donors (Lipinski definition) is 2. The van der Waals surface area contributed by atoms with Crippen LogP contribution in [-0.2, 0) is 4.74 Å². The summed E-state index contributed by atoms with van der Waals surface area (Å²) < 4.78 is 10.8. The van der Waals surface area contributed by atoms with E-state index in [0.717, 1.165) is 39.7 Å². The molecular weight excluding hydrogens is 388 g/mol. The summed E-state index contributed by atoms with van der Waals surface area (Å²) in [6.45, 7) is 7.10. The lowest BCUT2D eigenvalue weighted by Crippen LogP contribution is -2.39. The van der Waals surface area contributed by atoms with E-state index >= 15 is 0 Å². The Morgan fingerprint density at radius 3 is 2.55 bits per heavy atom. The fraction of sp³-hybridized carbons (Fsp3) is 0.318. The number of morpholine rings is 1. The van der Waals surface area contributed by atoms with Crippen LogP contribution < -0.4 is 5.32 Å². The van der Waals surface area contributed by atoms with Crippen LogP contribution in [0.4, 0.5) is 5.00 Å². The van der Waals surface area contributed by atoms with E-state index in [1.54, 1.807) is 35.6 Å². The molecule has 152 valence electrons. The Kier molecular flexibility index (Phi) is 5.71. The number of benzene rings is 1. The molecule has 29 heavy (non-hydrogen) atoms. The predicted octanol–water partition coefficient (Wildman–Crippen LogP) is 4.34. The summed E-state index contributed by atoms with van der Waals surface area (Å²) in [5.74, 6) is 0.259. The Bertz CT molecular complexity index is 973. The number of amides is 1. The first kappa shape index (κ1) is 19.7. The van der Waals surface area contributed by atoms with Crippen molar-refractivity contribution in [3.63, 3.8) is 0 Å². The van der Waals surface area contributed by atoms with Crippen molar-refractivity contribution in [2.45, 2.75) is 19.9 Å². The lowest BCUT2D eigenvalue weighted by Gasteiger charge is -2.35. The number of furan rings is 1. The maximum atomic E-state index is 12.7. The van der Waals surface area contributed by atoms with Crippen LogP contribution in [0.15, 0.2) is 47.1 Å². The highest BCUT2D eigenvalue weighted by Gasteiger charge is 2.30. The van der Waals surface area contributed by atoms with Gasteiger partial charge in [0.2, 0.25) is 0 Å². The van der Waals surface area contributed by atoms with Gasteiger partial charge in [-0.15, -0.1) is 11.3 Å². The number of anilines is 1. The van der Waals surface area contributed by atoms with Gasteiger partial charge in [0.05, 0.1) is 25.5 Å². The minimum atomic E-state index is -0.260. The molecule has 3 heterocycles. The molecular formula is C22H24N2O4S. The lowest BCUT2D eigenvalue weighted by molar-refractivity contribution is 0.0240. The molecule has 1 amide bonds. The van der Waals surface area contributed by atoms with E-state index in [4.69, 9.17) is 9.15 Å². The third kappa shape index (κ3) is 4.07. The molecule has 1 saturated heterocycles. The van der Waals surface area contributed by atoms with Gasteiger partial charge >= 0.3 is 0 Å². The normalized spacial score (nSPS) is 15.9. The number of aryl methyl sites for hydroxylation is 1. The zero-order valence-corrected chi connectivity index (χ0v) is 17.3. The molecule has 0 spiro atoms. The van der Waals surface area contributed by atoms with Crippen molar-refractivity contribution < 1.29 is 19.1 Å². The summed E-state index contributed by atoms with van der Waals surface area (Å²) in [5.41, 5.74) is 3.31. The van der Waals surface area contributed by atoms with E-state index in [2.05, 4.69) is 24.1 Å². The molecule has 1 unspecified atom stereocenters. The molecule has 2 N–H and O–H groups in total. The van der Waals surface area contributed by atoms with E-state index in [-0.39, 0.29) is 23.5 Å². The van der Waals surface area contributed by atoms with Gasteiger partial charge in [0.15, 0.2) is 5.76 Å². The quantitative estimate of drug-likeness (QED) is 0.652. The van der Waals surface area contributed by atoms with Crippen molar-refractivity contribution in [1.82, 2.24) is 4.90 Å². The molecule has 0 aliphatic carbocycles. The van der Waals surface area contributed by atoms with Gasteiger partial charge in [-0.25, -0.2) is 0 Å². The summed E-state index contributed by atoms with van der Waals surface area (Å²) in [5, 5.41) is 13.6. The number of nitrogens with one attached hydrogen (secondary N) is 1. The van der Waals surface area contributed by atoms with Crippen LogP contribution in [-0.4, -0.2) is 42.2 Å². The number of phenols is 1. The van der Waals surface area contributed by atoms with Crippen molar-refractivity contribution in [3.8, 4) is 5.75 Å². The average molecular weight is 413 g/mol. The van der Waals surface area contributed by atoms with Crippen LogP contribution in [0.5, 0.6) is 5.75 Å². The molecule has 4 rings (SSSR count). The molecule has 1 fully saturated rings. The zero-order valence-electron chi connectivity index (χ0n) is 16.5. The molecule has 1 aromatic carbocycles. The van der Waals surface area contributed by atoms with E-state index < -0.39 is 0 Å². The van der Waals surface area contributed by atoms with E-state index in [1.165, 1.54) is 6.26 Å². The first-order valence-corrected chi connectivity index (χ1v) is 10.4. The van der Waals surface area contributed by atoms with Crippen LogP contribution in [0, 0.1) is 13.8 Å². The molecule has 1 atom stereocenters. The highest BCUT2D eigenvalue weighted by Crippen LogP contribution is 2.42. The van der Waals surface area contributed by atoms with Crippen LogP contribution in [0.2, 0.25) is 0 Å². The van der Waals surface area contributed by atoms with Gasteiger partial charge in [-0.05, 0) is 49.2 Å². The van der Waals surface area contributed by atoms with Gasteiger partial charge < -0.3 is 19.6 Å². The van der Waals surface area contributed by atoms with Gasteiger partial charge in [-0.3, -0.25) is 9.69 Å². The largest absolute Gasteiger partial charge is 0.508 e. The minimum absolute atomic E-state index is 0.0450. The summed E-state index contributed by atoms with van der Waals surface area (Å²) in [6.07, 6.45) is 1.49. The number of carbonyl (C=O) groups excluding carboxylic acids is 1. The Morgan fingerprint density at radius 1 is 1.17 bits per heavy atom. The van der Waals surface area contributed by atoms with Crippen molar-refractivity contribution in [2.24, 2.45) is 0 Å². The minimum Gasteiger partial charge on any atom is -0.508 e. The average Bonchev–Trinajstić information content (AvgIpc) is 3.35. The van der Waals surface area contributed by atoms with Gasteiger partial charge in [-0.2, -0.15) is 0 Å². The fourth-order valence-corrected chi connectivity index (χ4v) is 4.78. The van der Waals surface area contributed by atoms with E-state index in [1.807, 2.05) is 12.1 Å². The highest BCUT2D eigenvalue weighted by atomic mass is 32.1. The first-order valence-electron chi connectivity index (χ1n) is 9.60. The number of carbonyl (C=O) groups is 1. The number of hydrogen-bond acceptors (Lipinski definition) is 6. The number of thiophene rings is 1. The van der Waals surface area contributed by atoms with Crippen molar-refractivity contribution in [1.29, 1.82) is 0 Å². The molecule has 3 aromatic rings. The second kappa shape index (κ2) is 8.41. The van der Waals surface area contributed by atoms with Crippen molar-refractivity contribution >= 4 is 22.2 Å². The van der Waals surface area contributed by atoms with Crippen LogP contribution in [0.3, 0.4) is 0 Å². The maximum absolute atomic E-state index is 12.7. The molecule has 2 aromatic heterocycles. The second-order valence-electron chi connectivity index (χ2n) is 7.10. The van der Waals surface area contributed by atoms with Crippen LogP contribution >= 0.6 is 11.3 Å². The third-order valence-corrected chi connectivity index (χ3v) is 6.44. The zero-order chi connectivity index (χ0) is 20.4. The Balaban J connectivity index is 1.77. The molecule has 0 radical (unpaired) electrons. The summed E-state index contributed by atoms with van der Waals surface area (Å²) in [7, 11) is 0. The van der Waals surface area contributed by atoms with Gasteiger partial charge in [0, 0.05) is 23.5 Å².